The second kappa shape index (κ2) is 3.69. The lowest BCUT2D eigenvalue weighted by atomic mass is 9.96. The van der Waals surface area contributed by atoms with Gasteiger partial charge in [0.25, 0.3) is 0 Å². The summed E-state index contributed by atoms with van der Waals surface area (Å²) in [5.74, 6) is 1.32. The first-order chi connectivity index (χ1) is 6.55. The van der Waals surface area contributed by atoms with E-state index in [2.05, 4.69) is 42.7 Å². The lowest BCUT2D eigenvalue weighted by Gasteiger charge is -2.47. The average Bonchev–Trinajstić information content (AvgIpc) is 2.49. The molecule has 0 aromatic rings. The van der Waals surface area contributed by atoms with E-state index in [9.17, 15) is 0 Å². The van der Waals surface area contributed by atoms with Crippen LogP contribution < -0.4 is 5.32 Å². The molecule has 2 aliphatic heterocycles. The minimum atomic E-state index is 0.334. The van der Waals surface area contributed by atoms with Crippen molar-refractivity contribution in [1.82, 2.24) is 10.2 Å². The van der Waals surface area contributed by atoms with Crippen LogP contribution >= 0.6 is 11.8 Å². The summed E-state index contributed by atoms with van der Waals surface area (Å²) in [6.07, 6.45) is 2.63. The van der Waals surface area contributed by atoms with Crippen molar-refractivity contribution in [2.75, 3.05) is 25.4 Å². The fourth-order valence-corrected chi connectivity index (χ4v) is 4.45. The van der Waals surface area contributed by atoms with Gasteiger partial charge in [-0.2, -0.15) is 0 Å². The van der Waals surface area contributed by atoms with Gasteiger partial charge in [-0.3, -0.25) is 4.90 Å². The van der Waals surface area contributed by atoms with Crippen molar-refractivity contribution < 1.29 is 0 Å². The maximum atomic E-state index is 3.47. The Labute approximate surface area is 91.8 Å². The zero-order valence-corrected chi connectivity index (χ0v) is 10.4. The van der Waals surface area contributed by atoms with E-state index >= 15 is 0 Å². The van der Waals surface area contributed by atoms with E-state index in [0.717, 1.165) is 0 Å². The van der Waals surface area contributed by atoms with Gasteiger partial charge in [0.15, 0.2) is 0 Å². The number of hydrogen-bond donors (Lipinski definition) is 1. The van der Waals surface area contributed by atoms with Crippen LogP contribution in [0, 0.1) is 0 Å². The molecule has 2 aliphatic rings. The Balaban J connectivity index is 2.16. The van der Waals surface area contributed by atoms with Crippen molar-refractivity contribution in [3.8, 4) is 0 Å². The number of nitrogens with one attached hydrogen (secondary N) is 1. The van der Waals surface area contributed by atoms with Gasteiger partial charge in [0.2, 0.25) is 0 Å². The number of hydrogen-bond acceptors (Lipinski definition) is 3. The summed E-state index contributed by atoms with van der Waals surface area (Å²) < 4.78 is 0. The minimum absolute atomic E-state index is 0.334. The molecule has 0 saturated carbocycles. The van der Waals surface area contributed by atoms with E-state index in [1.165, 1.54) is 38.2 Å². The van der Waals surface area contributed by atoms with E-state index < -0.39 is 0 Å². The minimum Gasteiger partial charge on any atom is -0.317 e. The van der Waals surface area contributed by atoms with Crippen LogP contribution in [0.3, 0.4) is 0 Å². The van der Waals surface area contributed by atoms with E-state index in [1.54, 1.807) is 0 Å². The van der Waals surface area contributed by atoms with Crippen molar-refractivity contribution >= 4 is 11.8 Å². The molecule has 0 aliphatic carbocycles. The highest BCUT2D eigenvalue weighted by Crippen LogP contribution is 2.45. The molecule has 14 heavy (non-hydrogen) atoms. The summed E-state index contributed by atoms with van der Waals surface area (Å²) in [4.78, 5) is 3.19. The molecular formula is C11H22N2S. The highest BCUT2D eigenvalue weighted by molar-refractivity contribution is 8.00. The number of thioether (sulfide) groups is 1. The second-order valence-electron chi connectivity index (χ2n) is 5.37. The molecule has 0 unspecified atom stereocenters. The van der Waals surface area contributed by atoms with Crippen molar-refractivity contribution in [2.45, 2.75) is 44.0 Å². The molecule has 0 bridgehead atoms. The third kappa shape index (κ3) is 1.82. The Morgan fingerprint density at radius 2 is 1.86 bits per heavy atom. The second-order valence-corrected chi connectivity index (χ2v) is 6.82. The molecule has 0 radical (unpaired) electrons. The van der Waals surface area contributed by atoms with E-state index in [-0.39, 0.29) is 0 Å². The van der Waals surface area contributed by atoms with Gasteiger partial charge in [0.1, 0.15) is 0 Å². The predicted molar refractivity (Wildman–Crippen MR) is 63.8 cm³/mol. The van der Waals surface area contributed by atoms with Gasteiger partial charge in [-0.05, 0) is 46.7 Å². The smallest absolute Gasteiger partial charge is 0.0699 e. The third-order valence-corrected chi connectivity index (χ3v) is 4.92. The summed E-state index contributed by atoms with van der Waals surface area (Å²) in [7, 11) is 0. The molecular weight excluding hydrogens is 192 g/mol. The van der Waals surface area contributed by atoms with Crippen LogP contribution in [0.15, 0.2) is 0 Å². The lowest BCUT2D eigenvalue weighted by molar-refractivity contribution is 0.0607. The van der Waals surface area contributed by atoms with Gasteiger partial charge in [-0.25, -0.2) is 0 Å². The molecule has 2 nitrogen and oxygen atoms in total. The number of nitrogens with zero attached hydrogens (tertiary/aromatic N) is 1. The van der Waals surface area contributed by atoms with Crippen molar-refractivity contribution in [1.29, 1.82) is 0 Å². The molecule has 2 fully saturated rings. The van der Waals surface area contributed by atoms with Gasteiger partial charge in [-0.1, -0.05) is 0 Å². The van der Waals surface area contributed by atoms with Crippen LogP contribution in [-0.4, -0.2) is 40.7 Å². The molecule has 0 aromatic carbocycles. The largest absolute Gasteiger partial charge is 0.317 e. The first kappa shape index (κ1) is 10.8. The summed E-state index contributed by atoms with van der Waals surface area (Å²) in [5, 5.41) is 3.47. The first-order valence-electron chi connectivity index (χ1n) is 5.67. The lowest BCUT2D eigenvalue weighted by Crippen LogP contribution is -2.56. The third-order valence-electron chi connectivity index (χ3n) is 3.37. The molecule has 3 heteroatoms. The molecule has 2 saturated heterocycles. The molecule has 82 valence electrons. The van der Waals surface area contributed by atoms with Crippen molar-refractivity contribution in [3.05, 3.63) is 0 Å². The highest BCUT2D eigenvalue weighted by Gasteiger charge is 2.46. The molecule has 2 heterocycles. The molecule has 0 aromatic heterocycles. The van der Waals surface area contributed by atoms with Gasteiger partial charge >= 0.3 is 0 Å². The van der Waals surface area contributed by atoms with Crippen LogP contribution in [0.2, 0.25) is 0 Å². The van der Waals surface area contributed by atoms with Gasteiger partial charge in [0.05, 0.1) is 4.87 Å². The maximum Gasteiger partial charge on any atom is 0.0699 e. The summed E-state index contributed by atoms with van der Waals surface area (Å²) >= 11 is 2.19. The Hall–Kier alpha value is 0.270. The molecule has 0 atom stereocenters. The normalized spacial score (nSPS) is 28.5. The topological polar surface area (TPSA) is 15.3 Å². The van der Waals surface area contributed by atoms with Gasteiger partial charge in [0, 0.05) is 17.8 Å². The van der Waals surface area contributed by atoms with Crippen LogP contribution in [0.5, 0.6) is 0 Å². The monoisotopic (exact) mass is 214 g/mol. The first-order valence-corrected chi connectivity index (χ1v) is 6.66. The Bertz CT molecular complexity index is 204. The Morgan fingerprint density at radius 3 is 2.43 bits per heavy atom. The van der Waals surface area contributed by atoms with E-state index in [1.807, 2.05) is 0 Å². The predicted octanol–water partition coefficient (Wildman–Crippen LogP) is 1.91. The van der Waals surface area contributed by atoms with E-state index in [0.29, 0.717) is 10.4 Å². The van der Waals surface area contributed by atoms with E-state index in [4.69, 9.17) is 0 Å². The summed E-state index contributed by atoms with van der Waals surface area (Å²) in [6, 6.07) is 0. The van der Waals surface area contributed by atoms with Crippen molar-refractivity contribution in [3.63, 3.8) is 0 Å². The van der Waals surface area contributed by atoms with Crippen LogP contribution in [-0.2, 0) is 0 Å². The van der Waals surface area contributed by atoms with Crippen LogP contribution in [0.1, 0.15) is 33.6 Å². The fraction of sp³-hybridized carbons (Fsp3) is 1.00. The highest BCUT2D eigenvalue weighted by atomic mass is 32.2. The maximum absolute atomic E-state index is 3.47. The van der Waals surface area contributed by atoms with Crippen LogP contribution in [0.4, 0.5) is 0 Å². The summed E-state index contributed by atoms with van der Waals surface area (Å²) in [6.45, 7) is 10.7. The number of rotatable bonds is 0. The summed E-state index contributed by atoms with van der Waals surface area (Å²) in [5.41, 5.74) is 0.334. The van der Waals surface area contributed by atoms with Gasteiger partial charge in [-0.15, -0.1) is 11.8 Å². The molecule has 2 rings (SSSR count). The molecule has 1 N–H and O–H groups in total. The van der Waals surface area contributed by atoms with Crippen molar-refractivity contribution in [2.24, 2.45) is 0 Å². The molecule has 0 amide bonds. The Kier molecular flexibility index (Phi) is 2.84. The number of piperidine rings is 1. The Morgan fingerprint density at radius 1 is 1.21 bits per heavy atom. The average molecular weight is 214 g/mol. The fourth-order valence-electron chi connectivity index (χ4n) is 2.79. The van der Waals surface area contributed by atoms with Crippen LogP contribution in [0.25, 0.3) is 0 Å². The zero-order valence-electron chi connectivity index (χ0n) is 9.60. The quantitative estimate of drug-likeness (QED) is 0.663. The SMILES string of the molecule is CC(C)(C)N1CCSC12CCNCC2. The standard InChI is InChI=1S/C11H22N2S/c1-10(2,3)13-8-9-14-11(13)4-6-12-7-5-11/h12H,4-9H2,1-3H3. The van der Waals surface area contributed by atoms with Gasteiger partial charge < -0.3 is 5.32 Å². The zero-order chi connectivity index (χ0) is 10.2. The molecule has 1 spiro atoms.